The average molecular weight is 260 g/mol. The van der Waals surface area contributed by atoms with Crippen LogP contribution in [0.3, 0.4) is 0 Å². The zero-order chi connectivity index (χ0) is 13.3. The van der Waals surface area contributed by atoms with Gasteiger partial charge in [-0.25, -0.2) is 14.1 Å². The Balaban J connectivity index is 2.47. The van der Waals surface area contributed by atoms with Crippen LogP contribution in [0.2, 0.25) is 0 Å². The second kappa shape index (κ2) is 4.37. The van der Waals surface area contributed by atoms with Gasteiger partial charge in [0.1, 0.15) is 0 Å². The first-order chi connectivity index (χ1) is 8.43. The van der Waals surface area contributed by atoms with Crippen molar-refractivity contribution in [1.82, 2.24) is 14.8 Å². The molecule has 0 radical (unpaired) electrons. The molecule has 0 fully saturated rings. The Bertz CT molecular complexity index is 561. The van der Waals surface area contributed by atoms with Crippen molar-refractivity contribution in [2.45, 2.75) is 12.7 Å². The fourth-order valence-electron chi connectivity index (χ4n) is 1.38. The topological polar surface area (TPSA) is 56.7 Å². The molecule has 0 atom stereocenters. The molecule has 2 N–H and O–H groups in total. The van der Waals surface area contributed by atoms with E-state index >= 15 is 0 Å². The number of aromatic nitrogens is 3. The van der Waals surface area contributed by atoms with Crippen LogP contribution in [0.5, 0.6) is 0 Å². The first kappa shape index (κ1) is 12.5. The van der Waals surface area contributed by atoms with Crippen molar-refractivity contribution in [3.05, 3.63) is 41.6 Å². The maximum absolute atomic E-state index is 13.8. The minimum atomic E-state index is -4.58. The van der Waals surface area contributed by atoms with Crippen LogP contribution in [0, 0.1) is 5.82 Å². The molecule has 0 saturated heterocycles. The van der Waals surface area contributed by atoms with Gasteiger partial charge in [-0.05, 0) is 12.1 Å². The van der Waals surface area contributed by atoms with E-state index in [2.05, 4.69) is 10.1 Å². The number of nitrogens with two attached hydrogens (primary N) is 1. The van der Waals surface area contributed by atoms with E-state index in [0.717, 1.165) is 16.9 Å². The second-order valence-electron chi connectivity index (χ2n) is 3.46. The molecule has 0 spiro atoms. The SMILES string of the molecule is NCc1ccnc(-n2ccc(C(F)(F)F)n2)c1F. The Morgan fingerprint density at radius 3 is 2.56 bits per heavy atom. The Morgan fingerprint density at radius 2 is 2.00 bits per heavy atom. The van der Waals surface area contributed by atoms with E-state index in [1.165, 1.54) is 12.3 Å². The maximum Gasteiger partial charge on any atom is 0.435 e. The standard InChI is InChI=1S/C10H8F4N4/c11-8-6(5-15)1-3-16-9(8)18-4-2-7(17-18)10(12,13)14/h1-4H,5,15H2. The van der Waals surface area contributed by atoms with Crippen molar-refractivity contribution in [3.63, 3.8) is 0 Å². The fourth-order valence-corrected chi connectivity index (χ4v) is 1.38. The number of hydrogen-bond acceptors (Lipinski definition) is 3. The summed E-state index contributed by atoms with van der Waals surface area (Å²) in [6.45, 7) is -0.0747. The Morgan fingerprint density at radius 1 is 1.28 bits per heavy atom. The van der Waals surface area contributed by atoms with Gasteiger partial charge < -0.3 is 5.73 Å². The lowest BCUT2D eigenvalue weighted by Gasteiger charge is -2.06. The molecule has 2 heterocycles. The molecular formula is C10H8F4N4. The number of halogens is 4. The largest absolute Gasteiger partial charge is 0.435 e. The van der Waals surface area contributed by atoms with Gasteiger partial charge in [-0.15, -0.1) is 0 Å². The second-order valence-corrected chi connectivity index (χ2v) is 3.46. The van der Waals surface area contributed by atoms with Gasteiger partial charge in [0.15, 0.2) is 17.3 Å². The summed E-state index contributed by atoms with van der Waals surface area (Å²) in [6, 6.07) is 2.10. The van der Waals surface area contributed by atoms with E-state index in [-0.39, 0.29) is 17.9 Å². The predicted molar refractivity (Wildman–Crippen MR) is 54.2 cm³/mol. The summed E-state index contributed by atoms with van der Waals surface area (Å²) in [4.78, 5) is 3.66. The van der Waals surface area contributed by atoms with Crippen LogP contribution in [-0.2, 0) is 12.7 Å². The average Bonchev–Trinajstić information content (AvgIpc) is 2.78. The lowest BCUT2D eigenvalue weighted by atomic mass is 10.2. The Hall–Kier alpha value is -1.96. The summed E-state index contributed by atoms with van der Waals surface area (Å²) < 4.78 is 51.6. The van der Waals surface area contributed by atoms with Crippen LogP contribution < -0.4 is 5.73 Å². The molecule has 8 heteroatoms. The number of rotatable bonds is 2. The normalized spacial score (nSPS) is 11.8. The molecule has 0 amide bonds. The highest BCUT2D eigenvalue weighted by Crippen LogP contribution is 2.28. The molecule has 0 unspecified atom stereocenters. The van der Waals surface area contributed by atoms with Gasteiger partial charge in [-0.3, -0.25) is 0 Å². The Kier molecular flexibility index (Phi) is 3.04. The van der Waals surface area contributed by atoms with Crippen molar-refractivity contribution in [2.24, 2.45) is 5.73 Å². The highest BCUT2D eigenvalue weighted by Gasteiger charge is 2.34. The molecule has 0 bridgehead atoms. The summed E-state index contributed by atoms with van der Waals surface area (Å²) in [7, 11) is 0. The Labute approximate surface area is 99.0 Å². The number of hydrogen-bond donors (Lipinski definition) is 1. The monoisotopic (exact) mass is 260 g/mol. The number of nitrogens with zero attached hydrogens (tertiary/aromatic N) is 3. The van der Waals surface area contributed by atoms with Gasteiger partial charge in [-0.1, -0.05) is 0 Å². The third kappa shape index (κ3) is 2.19. The minimum absolute atomic E-state index is 0.0747. The van der Waals surface area contributed by atoms with Gasteiger partial charge in [-0.2, -0.15) is 18.3 Å². The van der Waals surface area contributed by atoms with Crippen LogP contribution in [0.15, 0.2) is 24.5 Å². The smallest absolute Gasteiger partial charge is 0.326 e. The lowest BCUT2D eigenvalue weighted by Crippen LogP contribution is -2.10. The zero-order valence-corrected chi connectivity index (χ0v) is 8.95. The molecule has 2 aromatic rings. The first-order valence-electron chi connectivity index (χ1n) is 4.90. The lowest BCUT2D eigenvalue weighted by molar-refractivity contribution is -0.141. The number of alkyl halides is 3. The summed E-state index contributed by atoms with van der Waals surface area (Å²) in [5.74, 6) is -1.09. The molecule has 0 saturated carbocycles. The van der Waals surface area contributed by atoms with Crippen LogP contribution in [0.4, 0.5) is 17.6 Å². The van der Waals surface area contributed by atoms with Gasteiger partial charge in [0.2, 0.25) is 0 Å². The van der Waals surface area contributed by atoms with Crippen molar-refractivity contribution in [1.29, 1.82) is 0 Å². The van der Waals surface area contributed by atoms with Gasteiger partial charge >= 0.3 is 6.18 Å². The maximum atomic E-state index is 13.8. The van der Waals surface area contributed by atoms with Crippen molar-refractivity contribution < 1.29 is 17.6 Å². The third-order valence-electron chi connectivity index (χ3n) is 2.27. The third-order valence-corrected chi connectivity index (χ3v) is 2.27. The van der Waals surface area contributed by atoms with Gasteiger partial charge in [0.25, 0.3) is 0 Å². The van der Waals surface area contributed by atoms with Crippen molar-refractivity contribution >= 4 is 0 Å². The molecule has 96 valence electrons. The van der Waals surface area contributed by atoms with E-state index in [1.807, 2.05) is 0 Å². The summed E-state index contributed by atoms with van der Waals surface area (Å²) in [6.07, 6.45) is -2.32. The summed E-state index contributed by atoms with van der Waals surface area (Å²) in [5, 5.41) is 3.24. The van der Waals surface area contributed by atoms with Crippen LogP contribution >= 0.6 is 0 Å². The van der Waals surface area contributed by atoms with E-state index in [4.69, 9.17) is 5.73 Å². The molecular weight excluding hydrogens is 252 g/mol. The summed E-state index contributed by atoms with van der Waals surface area (Å²) in [5.41, 5.74) is 4.34. The molecule has 0 aliphatic heterocycles. The van der Waals surface area contributed by atoms with E-state index in [9.17, 15) is 17.6 Å². The molecule has 2 rings (SSSR count). The van der Waals surface area contributed by atoms with Crippen LogP contribution in [0.25, 0.3) is 5.82 Å². The highest BCUT2D eigenvalue weighted by atomic mass is 19.4. The van der Waals surface area contributed by atoms with Gasteiger partial charge in [0.05, 0.1) is 0 Å². The fraction of sp³-hybridized carbons (Fsp3) is 0.200. The summed E-state index contributed by atoms with van der Waals surface area (Å²) >= 11 is 0. The highest BCUT2D eigenvalue weighted by molar-refractivity contribution is 5.30. The van der Waals surface area contributed by atoms with Crippen LogP contribution in [-0.4, -0.2) is 14.8 Å². The first-order valence-corrected chi connectivity index (χ1v) is 4.90. The molecule has 0 aliphatic carbocycles. The van der Waals surface area contributed by atoms with E-state index in [0.29, 0.717) is 0 Å². The van der Waals surface area contributed by atoms with E-state index < -0.39 is 17.7 Å². The molecule has 0 aromatic carbocycles. The van der Waals surface area contributed by atoms with Crippen molar-refractivity contribution in [3.8, 4) is 5.82 Å². The zero-order valence-electron chi connectivity index (χ0n) is 8.95. The molecule has 18 heavy (non-hydrogen) atoms. The van der Waals surface area contributed by atoms with Gasteiger partial charge in [0, 0.05) is 24.5 Å². The minimum Gasteiger partial charge on any atom is -0.326 e. The van der Waals surface area contributed by atoms with E-state index in [1.54, 1.807) is 0 Å². The quantitative estimate of drug-likeness (QED) is 0.839. The van der Waals surface area contributed by atoms with Crippen molar-refractivity contribution in [2.75, 3.05) is 0 Å². The molecule has 0 aliphatic rings. The van der Waals surface area contributed by atoms with Crippen LogP contribution in [0.1, 0.15) is 11.3 Å². The predicted octanol–water partition coefficient (Wildman–Crippen LogP) is 1.88. The molecule has 2 aromatic heterocycles. The number of pyridine rings is 1. The molecule has 4 nitrogen and oxygen atoms in total.